The van der Waals surface area contributed by atoms with E-state index in [1.165, 1.54) is 4.31 Å². The number of carbonyl (C=O) groups excluding carboxylic acids is 1. The molecule has 1 amide bonds. The lowest BCUT2D eigenvalue weighted by Gasteiger charge is -2.31. The van der Waals surface area contributed by atoms with E-state index in [1.807, 2.05) is 30.3 Å². The Morgan fingerprint density at radius 1 is 1.14 bits per heavy atom. The number of hydrogen-bond donors (Lipinski definition) is 1. The molecule has 1 heterocycles. The second-order valence-corrected chi connectivity index (χ2v) is 10.1. The van der Waals surface area contributed by atoms with Crippen molar-refractivity contribution in [2.75, 3.05) is 24.2 Å². The molecule has 0 unspecified atom stereocenters. The van der Waals surface area contributed by atoms with Crippen LogP contribution in [0.5, 0.6) is 0 Å². The van der Waals surface area contributed by atoms with Crippen LogP contribution < -0.4 is 5.32 Å². The average molecular weight is 455 g/mol. The minimum absolute atomic E-state index is 0.0826. The fourth-order valence-electron chi connectivity index (χ4n) is 3.47. The summed E-state index contributed by atoms with van der Waals surface area (Å²) in [6, 6.07) is 14.7. The van der Waals surface area contributed by atoms with Crippen molar-refractivity contribution in [2.45, 2.75) is 25.7 Å². The number of rotatable bonds is 7. The monoisotopic (exact) mass is 454 g/mol. The molecule has 1 fully saturated rings. The molecule has 0 radical (unpaired) electrons. The fourth-order valence-corrected chi connectivity index (χ4v) is 5.50. The lowest BCUT2D eigenvalue weighted by Crippen LogP contribution is -2.44. The van der Waals surface area contributed by atoms with Crippen LogP contribution in [0.25, 0.3) is 0 Å². The molecule has 1 N–H and O–H groups in total. The molecular weight excluding hydrogens is 431 g/mol. The molecule has 0 spiro atoms. The smallest absolute Gasteiger partial charge is 0.228 e. The molecule has 2 aromatic carbocycles. The van der Waals surface area contributed by atoms with Crippen molar-refractivity contribution in [3.8, 4) is 0 Å². The quantitative estimate of drug-likeness (QED) is 0.663. The molecule has 1 saturated heterocycles. The summed E-state index contributed by atoms with van der Waals surface area (Å²) in [5.74, 6) is -0.544. The van der Waals surface area contributed by atoms with E-state index in [0.29, 0.717) is 48.0 Å². The third-order valence-corrected chi connectivity index (χ3v) is 7.52. The van der Waals surface area contributed by atoms with Gasteiger partial charge in [0.05, 0.1) is 22.4 Å². The van der Waals surface area contributed by atoms with Crippen LogP contribution in [0.15, 0.2) is 48.5 Å². The van der Waals surface area contributed by atoms with Crippen molar-refractivity contribution in [1.29, 1.82) is 0 Å². The number of piperidine rings is 1. The SMILES string of the molecule is O=C(Nc1ccc(Cl)cc1Cl)[C@@H]1CCCN(S(=O)(=O)CCCc2ccccc2)C1. The number of hydrogen-bond acceptors (Lipinski definition) is 3. The van der Waals surface area contributed by atoms with Gasteiger partial charge in [0.25, 0.3) is 0 Å². The molecule has 2 aromatic rings. The fraction of sp³-hybridized carbons (Fsp3) is 0.381. The largest absolute Gasteiger partial charge is 0.324 e. The number of carbonyl (C=O) groups is 1. The molecule has 1 aliphatic heterocycles. The van der Waals surface area contributed by atoms with Gasteiger partial charge in [-0.15, -0.1) is 0 Å². The minimum Gasteiger partial charge on any atom is -0.324 e. The van der Waals surface area contributed by atoms with Crippen molar-refractivity contribution in [1.82, 2.24) is 4.31 Å². The van der Waals surface area contributed by atoms with E-state index < -0.39 is 15.9 Å². The van der Waals surface area contributed by atoms with Crippen molar-refractivity contribution in [3.63, 3.8) is 0 Å². The van der Waals surface area contributed by atoms with Crippen LogP contribution in [0.3, 0.4) is 0 Å². The maximum absolute atomic E-state index is 12.8. The van der Waals surface area contributed by atoms with Gasteiger partial charge in [-0.2, -0.15) is 0 Å². The zero-order valence-electron chi connectivity index (χ0n) is 16.0. The maximum Gasteiger partial charge on any atom is 0.228 e. The van der Waals surface area contributed by atoms with E-state index in [2.05, 4.69) is 5.32 Å². The van der Waals surface area contributed by atoms with Crippen LogP contribution in [0.2, 0.25) is 10.0 Å². The molecule has 5 nitrogen and oxygen atoms in total. The van der Waals surface area contributed by atoms with Gasteiger partial charge in [-0.3, -0.25) is 4.79 Å². The summed E-state index contributed by atoms with van der Waals surface area (Å²) < 4.78 is 27.0. The molecule has 1 atom stereocenters. The predicted molar refractivity (Wildman–Crippen MR) is 118 cm³/mol. The Balaban J connectivity index is 1.56. The van der Waals surface area contributed by atoms with Crippen molar-refractivity contribution < 1.29 is 13.2 Å². The molecule has 3 rings (SSSR count). The summed E-state index contributed by atoms with van der Waals surface area (Å²) in [7, 11) is -3.40. The van der Waals surface area contributed by atoms with Gasteiger partial charge in [0.2, 0.25) is 15.9 Å². The highest BCUT2D eigenvalue weighted by Gasteiger charge is 2.32. The van der Waals surface area contributed by atoms with Crippen LogP contribution in [-0.2, 0) is 21.2 Å². The zero-order chi connectivity index (χ0) is 20.9. The van der Waals surface area contributed by atoms with Crippen LogP contribution >= 0.6 is 23.2 Å². The Morgan fingerprint density at radius 3 is 2.62 bits per heavy atom. The van der Waals surface area contributed by atoms with Gasteiger partial charge in [-0.25, -0.2) is 12.7 Å². The number of sulfonamides is 1. The highest BCUT2D eigenvalue weighted by atomic mass is 35.5. The Hall–Kier alpha value is -1.60. The second-order valence-electron chi connectivity index (χ2n) is 7.22. The van der Waals surface area contributed by atoms with Gasteiger partial charge >= 0.3 is 0 Å². The van der Waals surface area contributed by atoms with Crippen LogP contribution in [0, 0.1) is 5.92 Å². The first-order chi connectivity index (χ1) is 13.8. The zero-order valence-corrected chi connectivity index (χ0v) is 18.3. The van der Waals surface area contributed by atoms with Gasteiger partial charge in [-0.1, -0.05) is 53.5 Å². The summed E-state index contributed by atoms with van der Waals surface area (Å²) in [6.07, 6.45) is 2.57. The number of aryl methyl sites for hydroxylation is 1. The lowest BCUT2D eigenvalue weighted by atomic mass is 9.99. The molecule has 29 heavy (non-hydrogen) atoms. The highest BCUT2D eigenvalue weighted by Crippen LogP contribution is 2.27. The van der Waals surface area contributed by atoms with E-state index in [1.54, 1.807) is 18.2 Å². The number of benzene rings is 2. The first-order valence-corrected chi connectivity index (χ1v) is 12.0. The number of nitrogens with one attached hydrogen (secondary N) is 1. The van der Waals surface area contributed by atoms with E-state index >= 15 is 0 Å². The first-order valence-electron chi connectivity index (χ1n) is 9.63. The number of amides is 1. The molecule has 156 valence electrons. The number of anilines is 1. The van der Waals surface area contributed by atoms with E-state index in [9.17, 15) is 13.2 Å². The predicted octanol–water partition coefficient (Wildman–Crippen LogP) is 4.61. The van der Waals surface area contributed by atoms with Gasteiger partial charge in [0.15, 0.2) is 0 Å². The lowest BCUT2D eigenvalue weighted by molar-refractivity contribution is -0.120. The van der Waals surface area contributed by atoms with Crippen LogP contribution in [0.1, 0.15) is 24.8 Å². The molecule has 0 aliphatic carbocycles. The molecule has 0 aromatic heterocycles. The van der Waals surface area contributed by atoms with Gasteiger partial charge in [0, 0.05) is 18.1 Å². The van der Waals surface area contributed by atoms with E-state index in [-0.39, 0.29) is 18.2 Å². The Kier molecular flexibility index (Phi) is 7.57. The minimum atomic E-state index is -3.40. The summed E-state index contributed by atoms with van der Waals surface area (Å²) in [4.78, 5) is 12.7. The van der Waals surface area contributed by atoms with E-state index in [4.69, 9.17) is 23.2 Å². The number of halogens is 2. The van der Waals surface area contributed by atoms with Gasteiger partial charge < -0.3 is 5.32 Å². The Morgan fingerprint density at radius 2 is 1.90 bits per heavy atom. The molecule has 1 aliphatic rings. The second kappa shape index (κ2) is 9.94. The van der Waals surface area contributed by atoms with Gasteiger partial charge in [-0.05, 0) is 49.4 Å². The Labute approximate surface area is 182 Å². The van der Waals surface area contributed by atoms with Crippen molar-refractivity contribution in [3.05, 3.63) is 64.1 Å². The molecule has 0 saturated carbocycles. The third-order valence-electron chi connectivity index (χ3n) is 5.05. The molecular formula is C21H24Cl2N2O3S. The summed E-state index contributed by atoms with van der Waals surface area (Å²) >= 11 is 12.0. The standard InChI is InChI=1S/C21H24Cl2N2O3S/c22-18-10-11-20(19(23)14-18)24-21(26)17-9-4-12-25(15-17)29(27,28)13-5-8-16-6-2-1-3-7-16/h1-3,6-7,10-11,14,17H,4-5,8-9,12-13,15H2,(H,24,26)/t17-/m1/s1. The van der Waals surface area contributed by atoms with Crippen LogP contribution in [0.4, 0.5) is 5.69 Å². The maximum atomic E-state index is 12.8. The van der Waals surface area contributed by atoms with Gasteiger partial charge in [0.1, 0.15) is 0 Å². The summed E-state index contributed by atoms with van der Waals surface area (Å²) in [5.41, 5.74) is 1.60. The molecule has 0 bridgehead atoms. The van der Waals surface area contributed by atoms with Crippen molar-refractivity contribution in [2.24, 2.45) is 5.92 Å². The van der Waals surface area contributed by atoms with Crippen LogP contribution in [-0.4, -0.2) is 37.5 Å². The normalized spacial score (nSPS) is 17.8. The third kappa shape index (κ3) is 6.19. The highest BCUT2D eigenvalue weighted by molar-refractivity contribution is 7.89. The first kappa shape index (κ1) is 22.1. The van der Waals surface area contributed by atoms with Crippen molar-refractivity contribution >= 4 is 44.8 Å². The molecule has 8 heteroatoms. The average Bonchev–Trinajstić information content (AvgIpc) is 2.71. The number of nitrogens with zero attached hydrogens (tertiary/aromatic N) is 1. The summed E-state index contributed by atoms with van der Waals surface area (Å²) in [6.45, 7) is 0.657. The van der Waals surface area contributed by atoms with E-state index in [0.717, 1.165) is 5.56 Å². The Bertz CT molecular complexity index is 952. The summed E-state index contributed by atoms with van der Waals surface area (Å²) in [5, 5.41) is 3.63. The topological polar surface area (TPSA) is 66.5 Å².